The van der Waals surface area contributed by atoms with E-state index in [9.17, 15) is 9.59 Å². The maximum atomic E-state index is 12.3. The van der Waals surface area contributed by atoms with E-state index in [1.54, 1.807) is 12.1 Å². The van der Waals surface area contributed by atoms with Crippen LogP contribution in [0.4, 0.5) is 0 Å². The minimum absolute atomic E-state index is 0.0317. The van der Waals surface area contributed by atoms with E-state index in [1.807, 2.05) is 26.0 Å². The van der Waals surface area contributed by atoms with Crippen molar-refractivity contribution in [2.24, 2.45) is 0 Å². The second-order valence-corrected chi connectivity index (χ2v) is 6.66. The molecule has 2 rings (SSSR count). The number of halogens is 1. The Morgan fingerprint density at radius 1 is 1.31 bits per heavy atom. The highest BCUT2D eigenvalue weighted by Gasteiger charge is 2.19. The summed E-state index contributed by atoms with van der Waals surface area (Å²) in [5.41, 5.74) is 0.661. The van der Waals surface area contributed by atoms with Crippen LogP contribution in [0.25, 0.3) is 11.4 Å². The normalized spacial score (nSPS) is 10.6. The third kappa shape index (κ3) is 4.89. The monoisotopic (exact) mass is 396 g/mol. The molecule has 2 aromatic rings. The molecule has 1 heterocycles. The minimum atomic E-state index is -0.185. The van der Waals surface area contributed by atoms with Crippen molar-refractivity contribution in [3.63, 3.8) is 0 Å². The third-order valence-electron chi connectivity index (χ3n) is 3.55. The van der Waals surface area contributed by atoms with Crippen molar-refractivity contribution < 1.29 is 9.59 Å². The van der Waals surface area contributed by atoms with Crippen molar-refractivity contribution in [2.75, 3.05) is 31.2 Å². The average Bonchev–Trinajstić information content (AvgIpc) is 2.98. The standard InChI is InChI=1S/C16H21ClN6O2S/c1-3-19-13(24)9-22(4-2)14(25)10-26-16-21-20-15(23(16)18)11-7-5-6-8-12(11)17/h5-8H,3-4,9-10,18H2,1-2H3,(H,19,24). The number of hydrogen-bond donors (Lipinski definition) is 2. The van der Waals surface area contributed by atoms with Gasteiger partial charge in [0.15, 0.2) is 5.82 Å². The predicted octanol–water partition coefficient (Wildman–Crippen LogP) is 1.39. The molecule has 140 valence electrons. The molecule has 26 heavy (non-hydrogen) atoms. The van der Waals surface area contributed by atoms with Crippen LogP contribution in [0.2, 0.25) is 5.02 Å². The van der Waals surface area contributed by atoms with Crippen LogP contribution in [-0.2, 0) is 9.59 Å². The lowest BCUT2D eigenvalue weighted by atomic mass is 10.2. The van der Waals surface area contributed by atoms with E-state index in [0.717, 1.165) is 11.8 Å². The summed E-state index contributed by atoms with van der Waals surface area (Å²) >= 11 is 7.32. The molecule has 0 bridgehead atoms. The Kier molecular flexibility index (Phi) is 7.28. The quantitative estimate of drug-likeness (QED) is 0.516. The number of hydrogen-bond acceptors (Lipinski definition) is 6. The van der Waals surface area contributed by atoms with Crippen molar-refractivity contribution in [3.05, 3.63) is 29.3 Å². The first-order valence-corrected chi connectivity index (χ1v) is 9.46. The molecular formula is C16H21ClN6O2S. The number of nitrogen functional groups attached to an aromatic ring is 1. The zero-order valence-electron chi connectivity index (χ0n) is 14.6. The van der Waals surface area contributed by atoms with Gasteiger partial charge in [-0.25, -0.2) is 4.68 Å². The first-order valence-electron chi connectivity index (χ1n) is 8.10. The molecular weight excluding hydrogens is 376 g/mol. The minimum Gasteiger partial charge on any atom is -0.355 e. The van der Waals surface area contributed by atoms with Gasteiger partial charge in [0, 0.05) is 18.7 Å². The Hall–Kier alpha value is -2.26. The van der Waals surface area contributed by atoms with Gasteiger partial charge in [-0.2, -0.15) is 0 Å². The SMILES string of the molecule is CCNC(=O)CN(CC)C(=O)CSc1nnc(-c2ccccc2Cl)n1N. The largest absolute Gasteiger partial charge is 0.355 e. The van der Waals surface area contributed by atoms with Crippen LogP contribution < -0.4 is 11.2 Å². The van der Waals surface area contributed by atoms with Gasteiger partial charge in [-0.15, -0.1) is 10.2 Å². The Balaban J connectivity index is 2.02. The van der Waals surface area contributed by atoms with E-state index in [2.05, 4.69) is 15.5 Å². The summed E-state index contributed by atoms with van der Waals surface area (Å²) in [6, 6.07) is 7.17. The molecule has 8 nitrogen and oxygen atoms in total. The lowest BCUT2D eigenvalue weighted by molar-refractivity contribution is -0.133. The van der Waals surface area contributed by atoms with Crippen LogP contribution >= 0.6 is 23.4 Å². The molecule has 0 saturated heterocycles. The molecule has 1 aromatic carbocycles. The second kappa shape index (κ2) is 9.44. The summed E-state index contributed by atoms with van der Waals surface area (Å²) in [4.78, 5) is 25.5. The summed E-state index contributed by atoms with van der Waals surface area (Å²) in [6.07, 6.45) is 0. The number of carbonyl (C=O) groups excluding carboxylic acids is 2. The van der Waals surface area contributed by atoms with Crippen molar-refractivity contribution in [2.45, 2.75) is 19.0 Å². The number of nitrogens with zero attached hydrogens (tertiary/aromatic N) is 4. The molecule has 0 radical (unpaired) electrons. The highest BCUT2D eigenvalue weighted by Crippen LogP contribution is 2.27. The van der Waals surface area contributed by atoms with E-state index in [-0.39, 0.29) is 24.1 Å². The van der Waals surface area contributed by atoms with Crippen molar-refractivity contribution in [1.82, 2.24) is 25.1 Å². The fraction of sp³-hybridized carbons (Fsp3) is 0.375. The molecule has 0 aliphatic heterocycles. The van der Waals surface area contributed by atoms with Gasteiger partial charge in [-0.05, 0) is 26.0 Å². The fourth-order valence-corrected chi connectivity index (χ4v) is 3.20. The molecule has 0 spiro atoms. The van der Waals surface area contributed by atoms with Gasteiger partial charge < -0.3 is 16.1 Å². The van der Waals surface area contributed by atoms with Crippen LogP contribution in [0, 0.1) is 0 Å². The summed E-state index contributed by atoms with van der Waals surface area (Å²) < 4.78 is 1.30. The van der Waals surface area contributed by atoms with Crippen LogP contribution in [0.15, 0.2) is 29.4 Å². The molecule has 2 amide bonds. The van der Waals surface area contributed by atoms with Gasteiger partial charge in [-0.3, -0.25) is 9.59 Å². The first kappa shape index (κ1) is 20.1. The maximum Gasteiger partial charge on any atom is 0.239 e. The summed E-state index contributed by atoms with van der Waals surface area (Å²) in [6.45, 7) is 4.65. The van der Waals surface area contributed by atoms with Crippen LogP contribution in [0.5, 0.6) is 0 Å². The number of nitrogens with two attached hydrogens (primary N) is 1. The van der Waals surface area contributed by atoms with Gasteiger partial charge in [0.25, 0.3) is 0 Å². The number of nitrogens with one attached hydrogen (secondary N) is 1. The Morgan fingerprint density at radius 3 is 2.69 bits per heavy atom. The number of amides is 2. The molecule has 0 aliphatic carbocycles. The number of aromatic nitrogens is 3. The number of likely N-dealkylation sites (N-methyl/N-ethyl adjacent to an activating group) is 2. The molecule has 0 saturated carbocycles. The Bertz CT molecular complexity index is 782. The average molecular weight is 397 g/mol. The second-order valence-electron chi connectivity index (χ2n) is 5.31. The molecule has 3 N–H and O–H groups in total. The van der Waals surface area contributed by atoms with E-state index in [1.165, 1.54) is 9.58 Å². The number of carbonyl (C=O) groups is 2. The van der Waals surface area contributed by atoms with Gasteiger partial charge >= 0.3 is 0 Å². The number of thioether (sulfide) groups is 1. The van der Waals surface area contributed by atoms with Crippen LogP contribution in [0.1, 0.15) is 13.8 Å². The molecule has 1 aromatic heterocycles. The smallest absolute Gasteiger partial charge is 0.239 e. The summed E-state index contributed by atoms with van der Waals surface area (Å²) in [5, 5.41) is 11.7. The highest BCUT2D eigenvalue weighted by atomic mass is 35.5. The zero-order valence-corrected chi connectivity index (χ0v) is 16.2. The molecule has 0 fully saturated rings. The summed E-state index contributed by atoms with van der Waals surface area (Å²) in [7, 11) is 0. The molecule has 0 aliphatic rings. The van der Waals surface area contributed by atoms with E-state index < -0.39 is 0 Å². The van der Waals surface area contributed by atoms with Crippen molar-refractivity contribution in [3.8, 4) is 11.4 Å². The van der Waals surface area contributed by atoms with E-state index >= 15 is 0 Å². The van der Waals surface area contributed by atoms with Crippen molar-refractivity contribution in [1.29, 1.82) is 0 Å². The van der Waals surface area contributed by atoms with Gasteiger partial charge in [0.05, 0.1) is 17.3 Å². The Morgan fingerprint density at radius 2 is 2.04 bits per heavy atom. The van der Waals surface area contributed by atoms with Crippen LogP contribution in [-0.4, -0.2) is 57.0 Å². The number of benzene rings is 1. The predicted molar refractivity (Wildman–Crippen MR) is 102 cm³/mol. The zero-order chi connectivity index (χ0) is 19.1. The van der Waals surface area contributed by atoms with Gasteiger partial charge in [0.2, 0.25) is 17.0 Å². The van der Waals surface area contributed by atoms with E-state index in [4.69, 9.17) is 17.4 Å². The Labute approximate surface area is 161 Å². The molecule has 0 atom stereocenters. The lowest BCUT2D eigenvalue weighted by Gasteiger charge is -2.19. The van der Waals surface area contributed by atoms with E-state index in [0.29, 0.717) is 34.7 Å². The fourth-order valence-electron chi connectivity index (χ4n) is 2.22. The number of rotatable bonds is 8. The third-order valence-corrected chi connectivity index (χ3v) is 4.80. The topological polar surface area (TPSA) is 106 Å². The lowest BCUT2D eigenvalue weighted by Crippen LogP contribution is -2.41. The van der Waals surface area contributed by atoms with Gasteiger partial charge in [0.1, 0.15) is 0 Å². The molecule has 10 heteroatoms. The highest BCUT2D eigenvalue weighted by molar-refractivity contribution is 7.99. The van der Waals surface area contributed by atoms with Crippen LogP contribution in [0.3, 0.4) is 0 Å². The van der Waals surface area contributed by atoms with Crippen molar-refractivity contribution >= 4 is 35.2 Å². The molecule has 0 unspecified atom stereocenters. The van der Waals surface area contributed by atoms with Gasteiger partial charge in [-0.1, -0.05) is 35.5 Å². The maximum absolute atomic E-state index is 12.3. The summed E-state index contributed by atoms with van der Waals surface area (Å²) in [5.74, 6) is 6.20. The first-order chi connectivity index (χ1) is 12.5.